The van der Waals surface area contributed by atoms with E-state index in [1.807, 2.05) is 6.08 Å². The molecular weight excluding hydrogens is 260 g/mol. The van der Waals surface area contributed by atoms with Gasteiger partial charge in [0.05, 0.1) is 12.7 Å². The van der Waals surface area contributed by atoms with Gasteiger partial charge in [0.25, 0.3) is 12.9 Å². The molecule has 1 aliphatic rings. The van der Waals surface area contributed by atoms with E-state index in [9.17, 15) is 0 Å². The molecule has 0 aromatic carbocycles. The summed E-state index contributed by atoms with van der Waals surface area (Å²) in [6.07, 6.45) is 10.1. The molecule has 0 aliphatic heterocycles. The minimum absolute atomic E-state index is 0.697. The van der Waals surface area contributed by atoms with Crippen molar-refractivity contribution in [2.75, 3.05) is 13.7 Å². The van der Waals surface area contributed by atoms with Crippen LogP contribution in [0.3, 0.4) is 0 Å². The molecule has 0 radical (unpaired) electrons. The molecule has 1 unspecified atom stereocenters. The Labute approximate surface area is 129 Å². The van der Waals surface area contributed by atoms with Gasteiger partial charge >= 0.3 is 0 Å². The first kappa shape index (κ1) is 17.5. The molecule has 0 heterocycles. The van der Waals surface area contributed by atoms with Crippen molar-refractivity contribution in [1.82, 2.24) is 0 Å². The smallest absolute Gasteiger partial charge is 0.282 e. The van der Waals surface area contributed by atoms with Gasteiger partial charge in [0.1, 0.15) is 5.76 Å². The summed E-state index contributed by atoms with van der Waals surface area (Å²) in [5, 5.41) is 0. The van der Waals surface area contributed by atoms with Gasteiger partial charge in [-0.05, 0) is 18.3 Å². The Balaban J connectivity index is 2.34. The maximum Gasteiger partial charge on any atom is 0.282 e. The average molecular weight is 288 g/mol. The van der Waals surface area contributed by atoms with Crippen molar-refractivity contribution in [2.45, 2.75) is 46.5 Å². The molecule has 0 spiro atoms. The molecule has 0 saturated heterocycles. The molecule has 0 fully saturated rings. The maximum absolute atomic E-state index is 5.76. The number of ketones is 1. The summed E-state index contributed by atoms with van der Waals surface area (Å²) in [5.41, 5.74) is 3.90. The topological polar surface area (TPSA) is 20.5 Å². The van der Waals surface area contributed by atoms with Crippen LogP contribution in [0.4, 0.5) is 0 Å². The van der Waals surface area contributed by atoms with Crippen LogP contribution in [0.25, 0.3) is 0 Å². The first-order valence-corrected chi connectivity index (χ1v) is 7.84. The van der Waals surface area contributed by atoms with Gasteiger partial charge in [-0.2, -0.15) is 0 Å². The Morgan fingerprint density at radius 2 is 2.05 bits per heavy atom. The van der Waals surface area contributed by atoms with Gasteiger partial charge in [-0.1, -0.05) is 57.4 Å². The molecule has 21 heavy (non-hydrogen) atoms. The average Bonchev–Trinajstić information content (AvgIpc) is 2.46. The SMILES string of the molecule is [CH-]=CC1=CC(OCCC(C)CCCC(C)C)=C=CC1=[O+]C. The summed E-state index contributed by atoms with van der Waals surface area (Å²) >= 11 is 0. The lowest BCUT2D eigenvalue weighted by Crippen LogP contribution is -2.06. The van der Waals surface area contributed by atoms with Crippen LogP contribution < -0.4 is 0 Å². The first-order valence-electron chi connectivity index (χ1n) is 7.84. The molecule has 2 nitrogen and oxygen atoms in total. The van der Waals surface area contributed by atoms with Crippen LogP contribution >= 0.6 is 0 Å². The van der Waals surface area contributed by atoms with Crippen molar-refractivity contribution in [3.63, 3.8) is 0 Å². The molecule has 1 atom stereocenters. The Bertz CT molecular complexity index is 460. The number of allylic oxidation sites excluding steroid dienone is 3. The molecule has 0 saturated carbocycles. The van der Waals surface area contributed by atoms with Gasteiger partial charge < -0.3 is 4.74 Å². The van der Waals surface area contributed by atoms with Crippen molar-refractivity contribution < 1.29 is 9.16 Å². The van der Waals surface area contributed by atoms with Crippen molar-refractivity contribution in [1.29, 1.82) is 0 Å². The zero-order chi connectivity index (χ0) is 15.7. The van der Waals surface area contributed by atoms with Crippen LogP contribution in [0.1, 0.15) is 46.5 Å². The molecule has 0 bridgehead atoms. The fourth-order valence-electron chi connectivity index (χ4n) is 2.25. The lowest BCUT2D eigenvalue weighted by atomic mass is 9.98. The highest BCUT2D eigenvalue weighted by atomic mass is 16.5. The molecule has 0 amide bonds. The quantitative estimate of drug-likeness (QED) is 0.346. The standard InChI is InChI=1S/C19H28O2/c1-6-17-14-18(10-11-19(17)20-5)21-13-12-16(4)9-7-8-15(2)3/h1,6,11,14-16H,7-9,12-13H2,2-5H3. The molecule has 1 rings (SSSR count). The van der Waals surface area contributed by atoms with Crippen LogP contribution in [0.5, 0.6) is 0 Å². The Morgan fingerprint density at radius 3 is 2.67 bits per heavy atom. The van der Waals surface area contributed by atoms with Gasteiger partial charge in [-0.15, -0.1) is 0 Å². The second kappa shape index (κ2) is 9.41. The van der Waals surface area contributed by atoms with Crippen molar-refractivity contribution >= 4 is 5.78 Å². The van der Waals surface area contributed by atoms with E-state index in [1.54, 1.807) is 13.2 Å². The Hall–Kier alpha value is -1.53. The van der Waals surface area contributed by atoms with E-state index < -0.39 is 0 Å². The van der Waals surface area contributed by atoms with Gasteiger partial charge in [0.15, 0.2) is 0 Å². The van der Waals surface area contributed by atoms with Crippen LogP contribution in [-0.4, -0.2) is 19.5 Å². The van der Waals surface area contributed by atoms with E-state index in [0.29, 0.717) is 11.7 Å². The number of hydrogen-bond donors (Lipinski definition) is 0. The van der Waals surface area contributed by atoms with E-state index in [0.717, 1.165) is 30.3 Å². The van der Waals surface area contributed by atoms with Crippen molar-refractivity contribution in [3.05, 3.63) is 41.9 Å². The van der Waals surface area contributed by atoms with Gasteiger partial charge in [-0.3, -0.25) is 11.0 Å². The Morgan fingerprint density at radius 1 is 1.29 bits per heavy atom. The van der Waals surface area contributed by atoms with Crippen molar-refractivity contribution in [2.24, 2.45) is 11.8 Å². The maximum atomic E-state index is 5.76. The monoisotopic (exact) mass is 288 g/mol. The predicted octanol–water partition coefficient (Wildman–Crippen LogP) is 4.56. The number of carbonyl (C=O) groups excluding carboxylic acids is 1. The zero-order valence-electron chi connectivity index (χ0n) is 13.8. The van der Waals surface area contributed by atoms with Gasteiger partial charge in [0, 0.05) is 0 Å². The normalized spacial score (nSPS) is 17.7. The summed E-state index contributed by atoms with van der Waals surface area (Å²) in [4.78, 5) is 0. The predicted molar refractivity (Wildman–Crippen MR) is 87.9 cm³/mol. The highest BCUT2D eigenvalue weighted by Crippen LogP contribution is 2.17. The first-order chi connectivity index (χ1) is 10.1. The van der Waals surface area contributed by atoms with Crippen LogP contribution in [0.2, 0.25) is 0 Å². The van der Waals surface area contributed by atoms with E-state index in [-0.39, 0.29) is 0 Å². The van der Waals surface area contributed by atoms with Crippen LogP contribution in [0.15, 0.2) is 35.3 Å². The molecule has 116 valence electrons. The van der Waals surface area contributed by atoms with E-state index in [2.05, 4.69) is 26.5 Å². The summed E-state index contributed by atoms with van der Waals surface area (Å²) in [6, 6.07) is 0. The third-order valence-electron chi connectivity index (χ3n) is 3.66. The summed E-state index contributed by atoms with van der Waals surface area (Å²) in [5.74, 6) is 2.93. The summed E-state index contributed by atoms with van der Waals surface area (Å²) in [6.45, 7) is 13.1. The van der Waals surface area contributed by atoms with Crippen molar-refractivity contribution in [3.8, 4) is 0 Å². The van der Waals surface area contributed by atoms with Crippen LogP contribution in [-0.2, 0) is 9.16 Å². The van der Waals surface area contributed by atoms with E-state index >= 15 is 0 Å². The number of rotatable bonds is 9. The molecule has 0 N–H and O–H groups in total. The zero-order valence-corrected chi connectivity index (χ0v) is 13.8. The summed E-state index contributed by atoms with van der Waals surface area (Å²) in [7, 11) is 1.62. The minimum Gasteiger partial charge on any atom is -0.488 e. The molecule has 0 aromatic heterocycles. The molecule has 2 heteroatoms. The van der Waals surface area contributed by atoms with E-state index in [1.165, 1.54) is 25.3 Å². The lowest BCUT2D eigenvalue weighted by Gasteiger charge is -2.14. The summed E-state index contributed by atoms with van der Waals surface area (Å²) < 4.78 is 11.0. The highest BCUT2D eigenvalue weighted by molar-refractivity contribution is 6.07. The molecule has 0 aromatic rings. The second-order valence-electron chi connectivity index (χ2n) is 6.05. The third-order valence-corrected chi connectivity index (χ3v) is 3.66. The highest BCUT2D eigenvalue weighted by Gasteiger charge is 2.09. The molecule has 1 aliphatic carbocycles. The van der Waals surface area contributed by atoms with E-state index in [4.69, 9.17) is 15.7 Å². The third kappa shape index (κ3) is 6.64. The van der Waals surface area contributed by atoms with Gasteiger partial charge in [0.2, 0.25) is 0 Å². The number of hydrogen-bond acceptors (Lipinski definition) is 1. The lowest BCUT2D eigenvalue weighted by molar-refractivity contribution is -0.418. The van der Waals surface area contributed by atoms with Crippen LogP contribution in [0, 0.1) is 18.4 Å². The fraction of sp³-hybridized carbons (Fsp3) is 0.579. The molecular formula is C19H28O2. The minimum atomic E-state index is 0.697. The number of ether oxygens (including phenoxy) is 1. The largest absolute Gasteiger partial charge is 0.488 e. The fourth-order valence-corrected chi connectivity index (χ4v) is 2.25. The van der Waals surface area contributed by atoms with Gasteiger partial charge in [-0.25, -0.2) is 6.08 Å². The Kier molecular flexibility index (Phi) is 7.85. The second-order valence-corrected chi connectivity index (χ2v) is 6.05.